The lowest BCUT2D eigenvalue weighted by molar-refractivity contribution is 0.112. The summed E-state index contributed by atoms with van der Waals surface area (Å²) in [7, 11) is -3.85. The summed E-state index contributed by atoms with van der Waals surface area (Å²) in [5, 5.41) is 4.42. The topological polar surface area (TPSA) is 95.7 Å². The van der Waals surface area contributed by atoms with Gasteiger partial charge in [-0.25, -0.2) is 8.42 Å². The molecule has 0 atom stereocenters. The highest BCUT2D eigenvalue weighted by Crippen LogP contribution is 2.46. The third kappa shape index (κ3) is 4.49. The van der Waals surface area contributed by atoms with Gasteiger partial charge in [-0.1, -0.05) is 43.3 Å². The van der Waals surface area contributed by atoms with Gasteiger partial charge in [-0.2, -0.15) is 0 Å². The van der Waals surface area contributed by atoms with E-state index in [9.17, 15) is 13.2 Å². The number of nitrogens with zero attached hydrogens (tertiary/aromatic N) is 1. The number of ether oxygens (including phenoxy) is 2. The van der Waals surface area contributed by atoms with Gasteiger partial charge < -0.3 is 14.0 Å². The van der Waals surface area contributed by atoms with Gasteiger partial charge in [-0.3, -0.25) is 4.79 Å². The first-order chi connectivity index (χ1) is 18.4. The molecule has 7 nitrogen and oxygen atoms in total. The fraction of sp³-hybridized carbons (Fsp3) is 0.267. The molecule has 1 aliphatic heterocycles. The molecule has 0 saturated heterocycles. The maximum atomic E-state index is 13.3. The molecule has 0 radical (unpaired) electrons. The molecule has 1 fully saturated rings. The lowest BCUT2D eigenvalue weighted by atomic mass is 9.96. The second-order valence-electron chi connectivity index (χ2n) is 9.24. The zero-order valence-electron chi connectivity index (χ0n) is 21.8. The number of aldehydes is 1. The standard InChI is InChI=1S/C28H23NO6S.C2H6/c1-16-4-3-5-17(2)26(16)27-21(28(35-29-27)19-7-8-19)15-33-20-9-10-22-25(13-20)36(31,32)24-11-6-18(14-30)12-23(24)34-22;1-2/h3-6,9-14,19H,7-8,15H2,1-2H3;1-2H3. The minimum atomic E-state index is -3.85. The molecule has 0 N–H and O–H groups in total. The van der Waals surface area contributed by atoms with E-state index in [1.54, 1.807) is 12.1 Å². The smallest absolute Gasteiger partial charge is 0.214 e. The fourth-order valence-electron chi connectivity index (χ4n) is 4.68. The van der Waals surface area contributed by atoms with Gasteiger partial charge in [0.25, 0.3) is 0 Å². The Hall–Kier alpha value is -3.91. The molecule has 0 spiro atoms. The highest BCUT2D eigenvalue weighted by molar-refractivity contribution is 7.91. The van der Waals surface area contributed by atoms with Crippen LogP contribution in [0.15, 0.2) is 68.9 Å². The third-order valence-corrected chi connectivity index (χ3v) is 8.50. The van der Waals surface area contributed by atoms with Crippen molar-refractivity contribution in [1.82, 2.24) is 5.16 Å². The zero-order valence-corrected chi connectivity index (χ0v) is 22.6. The van der Waals surface area contributed by atoms with Crippen LogP contribution in [0.5, 0.6) is 17.2 Å². The van der Waals surface area contributed by atoms with Crippen molar-refractivity contribution >= 4 is 16.1 Å². The van der Waals surface area contributed by atoms with Gasteiger partial charge in [-0.05, 0) is 62.1 Å². The molecule has 1 saturated carbocycles. The largest absolute Gasteiger partial charge is 0.489 e. The van der Waals surface area contributed by atoms with Crippen LogP contribution < -0.4 is 9.47 Å². The van der Waals surface area contributed by atoms with Crippen LogP contribution in [-0.2, 0) is 16.4 Å². The number of carbonyl (C=O) groups is 1. The summed E-state index contributed by atoms with van der Waals surface area (Å²) >= 11 is 0. The second kappa shape index (κ2) is 10.1. The Bertz CT molecular complexity index is 1610. The SMILES string of the molecule is CC.Cc1cccc(C)c1-c1noc(C2CC2)c1COc1ccc2c(c1)S(=O)(=O)c1ccc(C=O)cc1O2. The van der Waals surface area contributed by atoms with Gasteiger partial charge in [0.05, 0.1) is 5.56 Å². The molecule has 38 heavy (non-hydrogen) atoms. The van der Waals surface area contributed by atoms with Gasteiger partial charge in [0.15, 0.2) is 0 Å². The van der Waals surface area contributed by atoms with Gasteiger partial charge in [-0.15, -0.1) is 0 Å². The van der Waals surface area contributed by atoms with E-state index in [1.165, 1.54) is 24.3 Å². The molecule has 2 aliphatic rings. The third-order valence-electron chi connectivity index (χ3n) is 6.69. The minimum Gasteiger partial charge on any atom is -0.489 e. The monoisotopic (exact) mass is 531 g/mol. The predicted octanol–water partition coefficient (Wildman–Crippen LogP) is 7.19. The summed E-state index contributed by atoms with van der Waals surface area (Å²) in [6, 6.07) is 15.1. The average molecular weight is 532 g/mol. The first-order valence-corrected chi connectivity index (χ1v) is 14.2. The Morgan fingerprint density at radius 3 is 2.39 bits per heavy atom. The first-order valence-electron chi connectivity index (χ1n) is 12.7. The van der Waals surface area contributed by atoms with E-state index in [0.717, 1.165) is 46.5 Å². The van der Waals surface area contributed by atoms with Crippen molar-refractivity contribution in [3.05, 3.63) is 82.6 Å². The van der Waals surface area contributed by atoms with Crippen LogP contribution in [0.25, 0.3) is 11.3 Å². The van der Waals surface area contributed by atoms with Crippen LogP contribution in [0.4, 0.5) is 0 Å². The van der Waals surface area contributed by atoms with Gasteiger partial charge in [0.2, 0.25) is 9.84 Å². The van der Waals surface area contributed by atoms with Gasteiger partial charge in [0.1, 0.15) is 51.4 Å². The van der Waals surface area contributed by atoms with Gasteiger partial charge >= 0.3 is 0 Å². The molecule has 1 aliphatic carbocycles. The predicted molar refractivity (Wildman–Crippen MR) is 143 cm³/mol. The summed E-state index contributed by atoms with van der Waals surface area (Å²) in [5.74, 6) is 1.89. The van der Waals surface area contributed by atoms with Crippen molar-refractivity contribution in [1.29, 1.82) is 0 Å². The van der Waals surface area contributed by atoms with Crippen molar-refractivity contribution in [2.75, 3.05) is 0 Å². The van der Waals surface area contributed by atoms with Gasteiger partial charge in [0, 0.05) is 23.1 Å². The summed E-state index contributed by atoms with van der Waals surface area (Å²) in [5.41, 5.74) is 5.21. The quantitative estimate of drug-likeness (QED) is 0.214. The normalized spacial score (nSPS) is 14.8. The molecular formula is C30H29NO6S. The Morgan fingerprint density at radius 1 is 0.974 bits per heavy atom. The number of fused-ring (bicyclic) bond motifs is 2. The number of sulfone groups is 1. The molecule has 0 amide bonds. The van der Waals surface area contributed by atoms with Crippen molar-refractivity contribution in [2.45, 2.75) is 62.9 Å². The van der Waals surface area contributed by atoms with E-state index in [1.807, 2.05) is 45.9 Å². The van der Waals surface area contributed by atoms with Crippen LogP contribution in [0.1, 0.15) is 65.4 Å². The van der Waals surface area contributed by atoms with Crippen molar-refractivity contribution in [2.24, 2.45) is 0 Å². The van der Waals surface area contributed by atoms with Crippen LogP contribution in [0.2, 0.25) is 0 Å². The number of hydrogen-bond acceptors (Lipinski definition) is 7. The van der Waals surface area contributed by atoms with E-state index in [2.05, 4.69) is 5.16 Å². The molecule has 0 unspecified atom stereocenters. The Morgan fingerprint density at radius 2 is 1.71 bits per heavy atom. The number of rotatable bonds is 6. The summed E-state index contributed by atoms with van der Waals surface area (Å²) in [6.45, 7) is 8.28. The molecule has 2 heterocycles. The van der Waals surface area contributed by atoms with Crippen LogP contribution in [0.3, 0.4) is 0 Å². The minimum absolute atomic E-state index is 0.0186. The Kier molecular flexibility index (Phi) is 6.84. The number of aryl methyl sites for hydroxylation is 2. The highest BCUT2D eigenvalue weighted by Gasteiger charge is 2.34. The first kappa shape index (κ1) is 25.7. The molecule has 4 aromatic rings. The van der Waals surface area contributed by atoms with E-state index >= 15 is 0 Å². The maximum absolute atomic E-state index is 13.3. The molecule has 6 rings (SSSR count). The number of hydrogen-bond donors (Lipinski definition) is 0. The highest BCUT2D eigenvalue weighted by atomic mass is 32.2. The van der Waals surface area contributed by atoms with Crippen molar-refractivity contribution in [3.8, 4) is 28.5 Å². The maximum Gasteiger partial charge on any atom is 0.214 e. The molecule has 0 bridgehead atoms. The Labute approximate surface area is 222 Å². The molecular weight excluding hydrogens is 502 g/mol. The number of carbonyl (C=O) groups excluding carboxylic acids is 1. The molecule has 1 aromatic heterocycles. The van der Waals surface area contributed by atoms with Crippen LogP contribution in [-0.4, -0.2) is 19.9 Å². The average Bonchev–Trinajstić information content (AvgIpc) is 3.68. The molecule has 3 aromatic carbocycles. The van der Waals surface area contributed by atoms with Crippen LogP contribution >= 0.6 is 0 Å². The van der Waals surface area contributed by atoms with E-state index in [4.69, 9.17) is 14.0 Å². The lowest BCUT2D eigenvalue weighted by Gasteiger charge is -2.21. The molecule has 8 heteroatoms. The van der Waals surface area contributed by atoms with E-state index in [-0.39, 0.29) is 27.9 Å². The zero-order chi connectivity index (χ0) is 27.0. The lowest BCUT2D eigenvalue weighted by Crippen LogP contribution is -2.11. The Balaban J connectivity index is 0.00000144. The van der Waals surface area contributed by atoms with E-state index < -0.39 is 9.84 Å². The van der Waals surface area contributed by atoms with E-state index in [0.29, 0.717) is 23.5 Å². The number of aromatic nitrogens is 1. The summed E-state index contributed by atoms with van der Waals surface area (Å²) < 4.78 is 44.3. The summed E-state index contributed by atoms with van der Waals surface area (Å²) in [4.78, 5) is 11.1. The van der Waals surface area contributed by atoms with Crippen molar-refractivity contribution < 1.29 is 27.2 Å². The molecule has 196 valence electrons. The number of benzene rings is 3. The summed E-state index contributed by atoms with van der Waals surface area (Å²) in [6.07, 6.45) is 2.75. The fourth-order valence-corrected chi connectivity index (χ4v) is 6.17. The van der Waals surface area contributed by atoms with Crippen LogP contribution in [0, 0.1) is 13.8 Å². The van der Waals surface area contributed by atoms with Crippen molar-refractivity contribution in [3.63, 3.8) is 0 Å². The second-order valence-corrected chi connectivity index (χ2v) is 11.1.